The van der Waals surface area contributed by atoms with E-state index in [9.17, 15) is 18.8 Å². The van der Waals surface area contributed by atoms with Crippen LogP contribution in [0.4, 0.5) is 4.39 Å². The van der Waals surface area contributed by atoms with Gasteiger partial charge in [-0.2, -0.15) is 0 Å². The Morgan fingerprint density at radius 1 is 1.19 bits per heavy atom. The van der Waals surface area contributed by atoms with Crippen molar-refractivity contribution < 1.29 is 23.5 Å². The molecule has 1 aliphatic heterocycles. The van der Waals surface area contributed by atoms with E-state index in [1.807, 2.05) is 4.90 Å². The van der Waals surface area contributed by atoms with E-state index in [2.05, 4.69) is 5.32 Å². The Morgan fingerprint density at radius 3 is 2.59 bits per heavy atom. The third-order valence-electron chi connectivity index (χ3n) is 5.25. The maximum Gasteiger partial charge on any atom is 0.311 e. The molecule has 27 heavy (non-hydrogen) atoms. The van der Waals surface area contributed by atoms with Crippen molar-refractivity contribution in [3.8, 4) is 0 Å². The lowest BCUT2D eigenvalue weighted by molar-refractivity contribution is -0.152. The number of nitrogens with zero attached hydrogens (tertiary/aromatic N) is 1. The van der Waals surface area contributed by atoms with Gasteiger partial charge in [0, 0.05) is 25.6 Å². The quantitative estimate of drug-likeness (QED) is 0.737. The zero-order valence-electron chi connectivity index (χ0n) is 15.3. The van der Waals surface area contributed by atoms with E-state index in [1.165, 1.54) is 12.1 Å². The summed E-state index contributed by atoms with van der Waals surface area (Å²) in [5.74, 6) is -1.65. The summed E-state index contributed by atoms with van der Waals surface area (Å²) in [5, 5.41) is 2.67. The number of hydrogen-bond acceptors (Lipinski definition) is 4. The van der Waals surface area contributed by atoms with Gasteiger partial charge >= 0.3 is 5.97 Å². The zero-order valence-corrected chi connectivity index (χ0v) is 15.3. The van der Waals surface area contributed by atoms with E-state index in [-0.39, 0.29) is 36.7 Å². The Labute approximate surface area is 158 Å². The lowest BCUT2D eigenvalue weighted by Crippen LogP contribution is -2.35. The van der Waals surface area contributed by atoms with Crippen LogP contribution in [-0.2, 0) is 25.5 Å². The highest BCUT2D eigenvalue weighted by Crippen LogP contribution is 2.29. The number of carbonyl (C=O) groups is 3. The number of halogens is 1. The normalized spacial score (nSPS) is 20.1. The first-order valence-electron chi connectivity index (χ1n) is 9.50. The van der Waals surface area contributed by atoms with E-state index in [0.717, 1.165) is 31.2 Å². The van der Waals surface area contributed by atoms with Crippen molar-refractivity contribution in [3.63, 3.8) is 0 Å². The topological polar surface area (TPSA) is 75.7 Å². The summed E-state index contributed by atoms with van der Waals surface area (Å²) in [7, 11) is 0. The minimum absolute atomic E-state index is 0.00704. The summed E-state index contributed by atoms with van der Waals surface area (Å²) >= 11 is 0. The lowest BCUT2D eigenvalue weighted by Gasteiger charge is -2.23. The molecule has 1 heterocycles. The monoisotopic (exact) mass is 376 g/mol. The Kier molecular flexibility index (Phi) is 6.42. The highest BCUT2D eigenvalue weighted by Gasteiger charge is 2.39. The molecule has 1 aromatic rings. The van der Waals surface area contributed by atoms with Crippen LogP contribution in [0.3, 0.4) is 0 Å². The van der Waals surface area contributed by atoms with Crippen molar-refractivity contribution in [2.75, 3.05) is 19.7 Å². The Balaban J connectivity index is 1.35. The molecular weight excluding hydrogens is 351 g/mol. The first-order valence-corrected chi connectivity index (χ1v) is 9.50. The Morgan fingerprint density at radius 2 is 1.89 bits per heavy atom. The van der Waals surface area contributed by atoms with E-state index in [0.29, 0.717) is 19.5 Å². The van der Waals surface area contributed by atoms with Crippen molar-refractivity contribution in [1.82, 2.24) is 10.2 Å². The lowest BCUT2D eigenvalue weighted by atomic mass is 10.1. The Bertz CT molecular complexity index is 686. The smallest absolute Gasteiger partial charge is 0.311 e. The molecule has 1 aromatic carbocycles. The van der Waals surface area contributed by atoms with Crippen molar-refractivity contribution in [2.24, 2.45) is 5.92 Å². The summed E-state index contributed by atoms with van der Waals surface area (Å²) < 4.78 is 17.9. The van der Waals surface area contributed by atoms with Gasteiger partial charge in [0.15, 0.2) is 6.61 Å². The summed E-state index contributed by atoms with van der Waals surface area (Å²) in [6.45, 7) is 0.421. The van der Waals surface area contributed by atoms with Gasteiger partial charge in [0.2, 0.25) is 5.91 Å². The number of likely N-dealkylation sites (tertiary alicyclic amines) is 1. The molecule has 2 amide bonds. The van der Waals surface area contributed by atoms with Crippen LogP contribution in [-0.4, -0.2) is 48.4 Å². The van der Waals surface area contributed by atoms with Gasteiger partial charge in [-0.1, -0.05) is 25.0 Å². The van der Waals surface area contributed by atoms with Crippen molar-refractivity contribution >= 4 is 17.8 Å². The van der Waals surface area contributed by atoms with Crippen LogP contribution in [0.1, 0.15) is 37.7 Å². The molecule has 2 aliphatic rings. The summed E-state index contributed by atoms with van der Waals surface area (Å²) in [6, 6.07) is 6.32. The minimum atomic E-state index is -0.488. The number of rotatable bonds is 7. The molecule has 1 N–H and O–H groups in total. The number of hydrogen-bond donors (Lipinski definition) is 1. The first kappa shape index (κ1) is 19.3. The fourth-order valence-corrected chi connectivity index (χ4v) is 3.76. The standard InChI is InChI=1S/C20H25FN2O4/c21-16-7-5-14(6-8-16)9-10-22-18(24)13-27-20(26)15-11-19(25)23(12-15)17-3-1-2-4-17/h5-8,15,17H,1-4,9-13H2,(H,22,24)/t15-/m1/s1. The number of ether oxygens (including phenoxy) is 1. The zero-order chi connectivity index (χ0) is 19.2. The molecule has 1 aliphatic carbocycles. The fraction of sp³-hybridized carbons (Fsp3) is 0.550. The van der Waals surface area contributed by atoms with Crippen molar-refractivity contribution in [2.45, 2.75) is 44.6 Å². The number of amides is 2. The highest BCUT2D eigenvalue weighted by molar-refractivity contribution is 5.88. The number of esters is 1. The summed E-state index contributed by atoms with van der Waals surface area (Å²) in [4.78, 5) is 37.9. The van der Waals surface area contributed by atoms with Crippen molar-refractivity contribution in [3.05, 3.63) is 35.6 Å². The van der Waals surface area contributed by atoms with Crippen LogP contribution in [0.2, 0.25) is 0 Å². The molecule has 2 fully saturated rings. The van der Waals surface area contributed by atoms with Crippen LogP contribution in [0, 0.1) is 11.7 Å². The minimum Gasteiger partial charge on any atom is -0.455 e. The van der Waals surface area contributed by atoms with Crippen LogP contribution in [0.25, 0.3) is 0 Å². The van der Waals surface area contributed by atoms with Gasteiger partial charge < -0.3 is 15.0 Å². The van der Waals surface area contributed by atoms with E-state index >= 15 is 0 Å². The van der Waals surface area contributed by atoms with Gasteiger partial charge in [-0.05, 0) is 37.0 Å². The van der Waals surface area contributed by atoms with Crippen LogP contribution >= 0.6 is 0 Å². The van der Waals surface area contributed by atoms with Gasteiger partial charge in [-0.25, -0.2) is 4.39 Å². The predicted octanol–water partition coefficient (Wildman–Crippen LogP) is 1.82. The molecule has 0 unspecified atom stereocenters. The van der Waals surface area contributed by atoms with E-state index in [1.54, 1.807) is 12.1 Å². The van der Waals surface area contributed by atoms with E-state index < -0.39 is 11.9 Å². The predicted molar refractivity (Wildman–Crippen MR) is 96.1 cm³/mol. The number of benzene rings is 1. The maximum atomic E-state index is 12.8. The first-order chi connectivity index (χ1) is 13.0. The second kappa shape index (κ2) is 8.97. The third kappa shape index (κ3) is 5.28. The molecule has 0 radical (unpaired) electrons. The molecule has 1 atom stereocenters. The number of nitrogens with one attached hydrogen (secondary N) is 1. The SMILES string of the molecule is O=C(COC(=O)[C@@H]1CC(=O)N(C2CCCC2)C1)NCCc1ccc(F)cc1. The highest BCUT2D eigenvalue weighted by atomic mass is 19.1. The second-order valence-corrected chi connectivity index (χ2v) is 7.22. The van der Waals surface area contributed by atoms with Crippen molar-refractivity contribution in [1.29, 1.82) is 0 Å². The average molecular weight is 376 g/mol. The fourth-order valence-electron chi connectivity index (χ4n) is 3.76. The van der Waals surface area contributed by atoms with Gasteiger partial charge in [-0.3, -0.25) is 14.4 Å². The molecule has 7 heteroatoms. The van der Waals surface area contributed by atoms with E-state index in [4.69, 9.17) is 4.74 Å². The molecule has 0 spiro atoms. The van der Waals surface area contributed by atoms with Gasteiger partial charge in [0.1, 0.15) is 5.82 Å². The van der Waals surface area contributed by atoms with Crippen LogP contribution < -0.4 is 5.32 Å². The van der Waals surface area contributed by atoms with Gasteiger partial charge in [0.25, 0.3) is 5.91 Å². The molecule has 0 aromatic heterocycles. The summed E-state index contributed by atoms with van der Waals surface area (Å²) in [6.07, 6.45) is 4.99. The molecule has 146 valence electrons. The molecule has 3 rings (SSSR count). The maximum absolute atomic E-state index is 12.8. The third-order valence-corrected chi connectivity index (χ3v) is 5.25. The second-order valence-electron chi connectivity index (χ2n) is 7.22. The Hall–Kier alpha value is -2.44. The molecule has 1 saturated carbocycles. The largest absolute Gasteiger partial charge is 0.455 e. The number of carbonyl (C=O) groups excluding carboxylic acids is 3. The molecule has 6 nitrogen and oxygen atoms in total. The van der Waals surface area contributed by atoms with Crippen LogP contribution in [0.15, 0.2) is 24.3 Å². The van der Waals surface area contributed by atoms with Gasteiger partial charge in [-0.15, -0.1) is 0 Å². The average Bonchev–Trinajstić information content (AvgIpc) is 3.31. The molecule has 1 saturated heterocycles. The molecular formula is C20H25FN2O4. The van der Waals surface area contributed by atoms with Gasteiger partial charge in [0.05, 0.1) is 5.92 Å². The summed E-state index contributed by atoms with van der Waals surface area (Å²) in [5.41, 5.74) is 0.908. The van der Waals surface area contributed by atoms with Crippen LogP contribution in [0.5, 0.6) is 0 Å². The molecule has 0 bridgehead atoms.